The molecule has 0 spiro atoms. The summed E-state index contributed by atoms with van der Waals surface area (Å²) < 4.78 is 32.9. The van der Waals surface area contributed by atoms with Gasteiger partial charge >= 0.3 is 7.37 Å². The molecule has 1 heterocycles. The van der Waals surface area contributed by atoms with Crippen LogP contribution < -0.4 is 24.6 Å². The van der Waals surface area contributed by atoms with Gasteiger partial charge in [0.1, 0.15) is 30.5 Å². The summed E-state index contributed by atoms with van der Waals surface area (Å²) in [5.74, 6) is 1.65. The number of benzene rings is 3. The van der Waals surface area contributed by atoms with Crippen LogP contribution in [0.25, 0.3) is 11.1 Å². The fourth-order valence-corrected chi connectivity index (χ4v) is 6.27. The van der Waals surface area contributed by atoms with Crippen molar-refractivity contribution in [2.24, 2.45) is 0 Å². The molecule has 0 radical (unpaired) electrons. The van der Waals surface area contributed by atoms with Crippen LogP contribution in [0, 0.1) is 0 Å². The van der Waals surface area contributed by atoms with E-state index in [4.69, 9.17) is 14.0 Å². The molecule has 0 N–H and O–H groups in total. The van der Waals surface area contributed by atoms with E-state index in [0.717, 1.165) is 16.7 Å². The lowest BCUT2D eigenvalue weighted by molar-refractivity contribution is 0.352. The topological polar surface area (TPSA) is 44.8 Å². The smallest absolute Gasteiger partial charge is 0.311 e. The van der Waals surface area contributed by atoms with Crippen LogP contribution in [0.15, 0.2) is 98.6 Å². The Labute approximate surface area is 188 Å². The summed E-state index contributed by atoms with van der Waals surface area (Å²) in [6.07, 6.45) is 5.62. The molecule has 3 aromatic rings. The van der Waals surface area contributed by atoms with Crippen LogP contribution >= 0.6 is 7.37 Å². The summed E-state index contributed by atoms with van der Waals surface area (Å²) in [4.78, 5) is 0. The minimum absolute atomic E-state index is 0.266. The van der Waals surface area contributed by atoms with Gasteiger partial charge in [0, 0.05) is 11.1 Å². The Hall–Kier alpha value is -3.49. The van der Waals surface area contributed by atoms with Crippen LogP contribution in [0.5, 0.6) is 17.2 Å². The maximum Gasteiger partial charge on any atom is 0.311 e. The van der Waals surface area contributed by atoms with Gasteiger partial charge in [-0.15, -0.1) is 6.58 Å². The molecule has 0 aromatic heterocycles. The molecule has 0 amide bonds. The first-order valence-corrected chi connectivity index (χ1v) is 12.0. The van der Waals surface area contributed by atoms with Crippen molar-refractivity contribution in [3.63, 3.8) is 0 Å². The van der Waals surface area contributed by atoms with Gasteiger partial charge in [-0.05, 0) is 36.2 Å². The molecule has 4 rings (SSSR count). The Morgan fingerprint density at radius 3 is 2.25 bits per heavy atom. The third-order valence-electron chi connectivity index (χ3n) is 5.14. The van der Waals surface area contributed by atoms with Gasteiger partial charge in [-0.3, -0.25) is 4.57 Å². The zero-order chi connectivity index (χ0) is 22.6. The fourth-order valence-electron chi connectivity index (χ4n) is 3.81. The standard InChI is InChI=1S/C27H25O4P/c1-4-11-20-18-21(29-16-5-2)19-26(27(20)30-17-6-3)32(28)25-15-10-8-13-23(25)22-12-7-9-14-24(22)31-32/h4-10,12-15,18-19H,1-3,11,16-17H2. The molecule has 1 aliphatic heterocycles. The van der Waals surface area contributed by atoms with E-state index in [1.807, 2.05) is 54.6 Å². The molecule has 0 fully saturated rings. The number of allylic oxidation sites excluding steroid dienone is 1. The van der Waals surface area contributed by atoms with Crippen molar-refractivity contribution in [1.29, 1.82) is 0 Å². The molecule has 32 heavy (non-hydrogen) atoms. The van der Waals surface area contributed by atoms with Crippen molar-refractivity contribution in [2.75, 3.05) is 13.2 Å². The molecule has 3 aromatic carbocycles. The number of para-hydroxylation sites is 1. The number of fused-ring (bicyclic) bond motifs is 3. The highest BCUT2D eigenvalue weighted by molar-refractivity contribution is 7.75. The molecule has 0 saturated heterocycles. The molecular weight excluding hydrogens is 419 g/mol. The first kappa shape index (κ1) is 21.7. The first-order valence-electron chi connectivity index (χ1n) is 10.4. The molecule has 0 aliphatic carbocycles. The maximum absolute atomic E-state index is 14.8. The second-order valence-electron chi connectivity index (χ2n) is 7.28. The molecule has 162 valence electrons. The highest BCUT2D eigenvalue weighted by Gasteiger charge is 2.41. The monoisotopic (exact) mass is 444 g/mol. The average Bonchev–Trinajstić information content (AvgIpc) is 2.82. The van der Waals surface area contributed by atoms with E-state index in [9.17, 15) is 4.57 Å². The minimum Gasteiger partial charge on any atom is -0.490 e. The summed E-state index contributed by atoms with van der Waals surface area (Å²) in [5.41, 5.74) is 2.61. The number of ether oxygens (including phenoxy) is 2. The Balaban J connectivity index is 1.99. The SMILES string of the molecule is C=CCOc1cc(CC=C)c(OCC=C)c(P2(=O)Oc3ccccc3-c3ccccc32)c1. The Morgan fingerprint density at radius 1 is 0.812 bits per heavy atom. The molecule has 5 heteroatoms. The van der Waals surface area contributed by atoms with E-state index in [0.29, 0.717) is 40.9 Å². The van der Waals surface area contributed by atoms with Gasteiger partial charge in [0.15, 0.2) is 0 Å². The number of hydrogen-bond donors (Lipinski definition) is 0. The third kappa shape index (κ3) is 3.90. The summed E-state index contributed by atoms with van der Waals surface area (Å²) in [6, 6.07) is 18.9. The molecular formula is C27H25O4P. The second-order valence-corrected chi connectivity index (χ2v) is 9.53. The van der Waals surface area contributed by atoms with Gasteiger partial charge in [0.05, 0.1) is 10.6 Å². The van der Waals surface area contributed by atoms with Crippen LogP contribution in [-0.2, 0) is 11.0 Å². The van der Waals surface area contributed by atoms with E-state index in [1.165, 1.54) is 0 Å². The number of rotatable bonds is 9. The van der Waals surface area contributed by atoms with Gasteiger partial charge in [-0.2, -0.15) is 0 Å². The summed E-state index contributed by atoms with van der Waals surface area (Å²) in [7, 11) is -3.58. The highest BCUT2D eigenvalue weighted by atomic mass is 31.2. The van der Waals surface area contributed by atoms with Crippen molar-refractivity contribution in [3.8, 4) is 28.4 Å². The van der Waals surface area contributed by atoms with Gasteiger partial charge < -0.3 is 14.0 Å². The molecule has 0 bridgehead atoms. The van der Waals surface area contributed by atoms with Crippen molar-refractivity contribution in [1.82, 2.24) is 0 Å². The number of hydrogen-bond acceptors (Lipinski definition) is 4. The van der Waals surface area contributed by atoms with Crippen molar-refractivity contribution in [2.45, 2.75) is 6.42 Å². The first-order chi connectivity index (χ1) is 15.6. The lowest BCUT2D eigenvalue weighted by Crippen LogP contribution is -2.27. The predicted octanol–water partition coefficient (Wildman–Crippen LogP) is 5.83. The largest absolute Gasteiger partial charge is 0.490 e. The lowest BCUT2D eigenvalue weighted by Gasteiger charge is -2.30. The Kier molecular flexibility index (Phi) is 6.34. The highest BCUT2D eigenvalue weighted by Crippen LogP contribution is 2.56. The van der Waals surface area contributed by atoms with E-state index in [2.05, 4.69) is 19.7 Å². The van der Waals surface area contributed by atoms with Crippen molar-refractivity contribution >= 4 is 18.0 Å². The van der Waals surface area contributed by atoms with E-state index in [1.54, 1.807) is 24.3 Å². The van der Waals surface area contributed by atoms with Crippen LogP contribution in [0.3, 0.4) is 0 Å². The van der Waals surface area contributed by atoms with E-state index in [-0.39, 0.29) is 6.61 Å². The summed E-state index contributed by atoms with van der Waals surface area (Å²) in [5, 5.41) is 1.09. The fraction of sp³-hybridized carbons (Fsp3) is 0.111. The zero-order valence-electron chi connectivity index (χ0n) is 17.8. The maximum atomic E-state index is 14.8. The molecule has 1 atom stereocenters. The van der Waals surface area contributed by atoms with Gasteiger partial charge in [0.2, 0.25) is 0 Å². The van der Waals surface area contributed by atoms with Crippen LogP contribution in [-0.4, -0.2) is 13.2 Å². The average molecular weight is 444 g/mol. The van der Waals surface area contributed by atoms with E-state index < -0.39 is 7.37 Å². The third-order valence-corrected chi connectivity index (χ3v) is 7.58. The van der Waals surface area contributed by atoms with E-state index >= 15 is 0 Å². The summed E-state index contributed by atoms with van der Waals surface area (Å²) >= 11 is 0. The molecule has 1 unspecified atom stereocenters. The Bertz CT molecular complexity index is 1230. The Morgan fingerprint density at radius 2 is 1.50 bits per heavy atom. The lowest BCUT2D eigenvalue weighted by atomic mass is 10.0. The van der Waals surface area contributed by atoms with Gasteiger partial charge in [0.25, 0.3) is 0 Å². The molecule has 1 aliphatic rings. The van der Waals surface area contributed by atoms with Crippen LogP contribution in [0.2, 0.25) is 0 Å². The predicted molar refractivity (Wildman–Crippen MR) is 131 cm³/mol. The van der Waals surface area contributed by atoms with Crippen molar-refractivity contribution in [3.05, 3.63) is 104 Å². The molecule has 4 nitrogen and oxygen atoms in total. The van der Waals surface area contributed by atoms with Crippen molar-refractivity contribution < 1.29 is 18.6 Å². The minimum atomic E-state index is -3.58. The second kappa shape index (κ2) is 9.33. The van der Waals surface area contributed by atoms with Gasteiger partial charge in [-0.1, -0.05) is 67.8 Å². The summed E-state index contributed by atoms with van der Waals surface area (Å²) in [6.45, 7) is 11.9. The van der Waals surface area contributed by atoms with Gasteiger partial charge in [-0.25, -0.2) is 0 Å². The molecule has 0 saturated carbocycles. The quantitative estimate of drug-likeness (QED) is 0.308. The van der Waals surface area contributed by atoms with Crippen LogP contribution in [0.1, 0.15) is 5.56 Å². The zero-order valence-corrected chi connectivity index (χ0v) is 18.7. The normalized spacial score (nSPS) is 16.1. The van der Waals surface area contributed by atoms with Crippen LogP contribution in [0.4, 0.5) is 0 Å².